The maximum atomic E-state index is 8.97. The van der Waals surface area contributed by atoms with Crippen molar-refractivity contribution < 1.29 is 0 Å². The lowest BCUT2D eigenvalue weighted by Gasteiger charge is -2.22. The molecule has 0 unspecified atom stereocenters. The van der Waals surface area contributed by atoms with E-state index in [4.69, 9.17) is 16.0 Å². The van der Waals surface area contributed by atoms with Crippen LogP contribution in [0.25, 0.3) is 11.0 Å². The molecular weight excluding hydrogens is 324 g/mol. The lowest BCUT2D eigenvalue weighted by molar-refractivity contribution is 0.540. The number of imidazole rings is 1. The number of benzene rings is 1. The van der Waals surface area contributed by atoms with Crippen LogP contribution in [0.5, 0.6) is 0 Å². The number of piperidine rings is 1. The minimum Gasteiger partial charge on any atom is -0.341 e. The van der Waals surface area contributed by atoms with Gasteiger partial charge in [0.25, 0.3) is 0 Å². The summed E-state index contributed by atoms with van der Waals surface area (Å²) in [5, 5.41) is 8.97. The van der Waals surface area contributed by atoms with Crippen LogP contribution >= 0.6 is 0 Å². The highest BCUT2D eigenvalue weighted by Gasteiger charge is 2.59. The molecule has 1 aliphatic carbocycles. The Labute approximate surface area is 151 Å². The molecule has 3 aromatic rings. The molecule has 0 amide bonds. The molecule has 6 nitrogen and oxygen atoms in total. The number of aromatic nitrogens is 3. The molecule has 0 radical (unpaired) electrons. The van der Waals surface area contributed by atoms with Crippen molar-refractivity contribution in [3.8, 4) is 6.07 Å². The molecule has 2 aliphatic rings. The fraction of sp³-hybridized carbons (Fsp3) is 0.350. The second-order valence-corrected chi connectivity index (χ2v) is 7.48. The number of rotatable bonds is 4. The molecule has 3 heterocycles. The van der Waals surface area contributed by atoms with Gasteiger partial charge >= 0.3 is 0 Å². The number of hydrogen-bond donors (Lipinski definition) is 1. The summed E-state index contributed by atoms with van der Waals surface area (Å²) in [5.41, 5.74) is 9.93. The number of para-hydroxylation sites is 2. The highest BCUT2D eigenvalue weighted by Crippen LogP contribution is 2.57. The van der Waals surface area contributed by atoms with E-state index in [1.807, 2.05) is 24.3 Å². The number of pyridine rings is 1. The van der Waals surface area contributed by atoms with E-state index in [0.717, 1.165) is 42.3 Å². The van der Waals surface area contributed by atoms with Crippen molar-refractivity contribution >= 4 is 17.0 Å². The van der Waals surface area contributed by atoms with Crippen molar-refractivity contribution in [2.24, 2.45) is 17.1 Å². The van der Waals surface area contributed by atoms with Gasteiger partial charge in [-0.2, -0.15) is 5.26 Å². The number of nitriles is 1. The Morgan fingerprint density at radius 1 is 1.27 bits per heavy atom. The molecule has 2 N–H and O–H groups in total. The first-order valence-corrected chi connectivity index (χ1v) is 8.98. The van der Waals surface area contributed by atoms with Gasteiger partial charge in [-0.15, -0.1) is 0 Å². The number of hydrogen-bond acceptors (Lipinski definition) is 5. The van der Waals surface area contributed by atoms with Gasteiger partial charge in [-0.05, 0) is 43.1 Å². The third kappa shape index (κ3) is 2.28. The first-order chi connectivity index (χ1) is 12.7. The molecule has 2 fully saturated rings. The summed E-state index contributed by atoms with van der Waals surface area (Å²) in [7, 11) is 0. The Bertz CT molecular complexity index is 1010. The zero-order valence-corrected chi connectivity index (χ0v) is 14.5. The second-order valence-electron chi connectivity index (χ2n) is 7.48. The molecule has 1 aromatic carbocycles. The molecule has 1 aliphatic heterocycles. The van der Waals surface area contributed by atoms with Gasteiger partial charge in [0, 0.05) is 24.7 Å². The number of anilines is 1. The van der Waals surface area contributed by atoms with Crippen LogP contribution in [0.1, 0.15) is 17.7 Å². The number of nitrogens with two attached hydrogens (primary N) is 1. The maximum absolute atomic E-state index is 8.97. The van der Waals surface area contributed by atoms with Crippen molar-refractivity contribution in [2.75, 3.05) is 24.5 Å². The topological polar surface area (TPSA) is 83.8 Å². The van der Waals surface area contributed by atoms with E-state index in [1.165, 1.54) is 6.42 Å². The smallest absolute Gasteiger partial charge is 0.206 e. The quantitative estimate of drug-likeness (QED) is 0.784. The fourth-order valence-electron chi connectivity index (χ4n) is 4.27. The van der Waals surface area contributed by atoms with E-state index in [2.05, 4.69) is 32.7 Å². The molecule has 2 atom stereocenters. The average Bonchev–Trinajstić information content (AvgIpc) is 3.07. The number of nitrogens with zero attached hydrogens (tertiary/aromatic N) is 5. The molecule has 130 valence electrons. The van der Waals surface area contributed by atoms with E-state index < -0.39 is 0 Å². The van der Waals surface area contributed by atoms with Crippen molar-refractivity contribution in [1.82, 2.24) is 14.5 Å². The fourth-order valence-corrected chi connectivity index (χ4v) is 4.27. The van der Waals surface area contributed by atoms with Crippen molar-refractivity contribution in [3.63, 3.8) is 0 Å². The van der Waals surface area contributed by atoms with Crippen LogP contribution in [0.4, 0.5) is 5.95 Å². The van der Waals surface area contributed by atoms with Crippen LogP contribution < -0.4 is 10.6 Å². The Hall–Kier alpha value is -2.91. The van der Waals surface area contributed by atoms with Crippen molar-refractivity contribution in [3.05, 3.63) is 53.9 Å². The number of fused-ring (bicyclic) bond motifs is 2. The van der Waals surface area contributed by atoms with Gasteiger partial charge < -0.3 is 15.2 Å². The predicted molar refractivity (Wildman–Crippen MR) is 99.6 cm³/mol. The molecule has 5 rings (SSSR count). The minimum absolute atomic E-state index is 0.301. The second kappa shape index (κ2) is 5.55. The van der Waals surface area contributed by atoms with Crippen LogP contribution in [0, 0.1) is 22.7 Å². The zero-order chi connectivity index (χ0) is 17.7. The molecule has 2 aromatic heterocycles. The van der Waals surface area contributed by atoms with Gasteiger partial charge in [-0.3, -0.25) is 4.98 Å². The summed E-state index contributed by atoms with van der Waals surface area (Å²) in [4.78, 5) is 11.7. The predicted octanol–water partition coefficient (Wildman–Crippen LogP) is 2.14. The molecule has 0 bridgehead atoms. The molecule has 1 saturated carbocycles. The summed E-state index contributed by atoms with van der Waals surface area (Å²) >= 11 is 0. The minimum atomic E-state index is 0.301. The van der Waals surface area contributed by atoms with Crippen molar-refractivity contribution in [2.45, 2.75) is 13.0 Å². The summed E-state index contributed by atoms with van der Waals surface area (Å²) in [6.07, 6.45) is 2.87. The Morgan fingerprint density at radius 3 is 2.88 bits per heavy atom. The maximum Gasteiger partial charge on any atom is 0.206 e. The first-order valence-electron chi connectivity index (χ1n) is 8.98. The lowest BCUT2D eigenvalue weighted by atomic mass is 10.1. The largest absolute Gasteiger partial charge is 0.341 e. The van der Waals surface area contributed by atoms with E-state index >= 15 is 0 Å². The van der Waals surface area contributed by atoms with Crippen LogP contribution in [-0.4, -0.2) is 34.2 Å². The van der Waals surface area contributed by atoms with Gasteiger partial charge in [0.2, 0.25) is 5.95 Å². The van der Waals surface area contributed by atoms with Crippen LogP contribution in [-0.2, 0) is 6.54 Å². The lowest BCUT2D eigenvalue weighted by Crippen LogP contribution is -2.30. The molecular formula is C20H20N6. The summed E-state index contributed by atoms with van der Waals surface area (Å²) < 4.78 is 2.23. The van der Waals surface area contributed by atoms with Gasteiger partial charge in [0.05, 0.1) is 28.8 Å². The van der Waals surface area contributed by atoms with Crippen LogP contribution in [0.2, 0.25) is 0 Å². The highest BCUT2D eigenvalue weighted by atomic mass is 15.3. The summed E-state index contributed by atoms with van der Waals surface area (Å²) in [6.45, 7) is 3.41. The van der Waals surface area contributed by atoms with E-state index in [1.54, 1.807) is 6.20 Å². The summed E-state index contributed by atoms with van der Waals surface area (Å²) in [6, 6.07) is 14.1. The highest BCUT2D eigenvalue weighted by molar-refractivity contribution is 5.79. The van der Waals surface area contributed by atoms with Gasteiger partial charge in [-0.1, -0.05) is 12.1 Å². The van der Waals surface area contributed by atoms with Crippen molar-refractivity contribution in [1.29, 1.82) is 5.26 Å². The molecule has 6 heteroatoms. The Morgan fingerprint density at radius 2 is 2.15 bits per heavy atom. The van der Waals surface area contributed by atoms with E-state index in [0.29, 0.717) is 23.4 Å². The molecule has 1 saturated heterocycles. The van der Waals surface area contributed by atoms with Gasteiger partial charge in [-0.25, -0.2) is 4.98 Å². The van der Waals surface area contributed by atoms with Gasteiger partial charge in [0.1, 0.15) is 6.07 Å². The molecule has 0 spiro atoms. The van der Waals surface area contributed by atoms with Crippen LogP contribution in [0.15, 0.2) is 42.6 Å². The zero-order valence-electron chi connectivity index (χ0n) is 14.5. The van der Waals surface area contributed by atoms with Gasteiger partial charge in [0.15, 0.2) is 0 Å². The van der Waals surface area contributed by atoms with E-state index in [9.17, 15) is 0 Å². The summed E-state index contributed by atoms with van der Waals surface area (Å²) in [5.74, 6) is 1.70. The Kier molecular flexibility index (Phi) is 3.28. The standard InChI is InChI=1S/C20H20N6/c21-8-14-5-6-16(23-9-14)11-26-18-4-2-1-3-17(18)24-19(26)25-10-15-7-20(15,12-22)13-25/h1-6,9,15H,7,10-13,22H2/t15-,20-/m0/s1. The molecule has 26 heavy (non-hydrogen) atoms. The third-order valence-corrected chi connectivity index (χ3v) is 5.90. The SMILES string of the molecule is N#Cc1ccc(Cn2c(N3C[C@@H]4C[C@]4(CN)C3)nc3ccccc32)nc1. The average molecular weight is 344 g/mol. The van der Waals surface area contributed by atoms with E-state index in [-0.39, 0.29) is 0 Å². The van der Waals surface area contributed by atoms with Crippen LogP contribution in [0.3, 0.4) is 0 Å². The normalized spacial score (nSPS) is 23.8. The monoisotopic (exact) mass is 344 g/mol. The first kappa shape index (κ1) is 15.4. The Balaban J connectivity index is 1.54. The third-order valence-electron chi connectivity index (χ3n) is 5.90.